The van der Waals surface area contributed by atoms with Crippen LogP contribution in [0.1, 0.15) is 41.8 Å². The molecule has 0 N–H and O–H groups in total. The summed E-state index contributed by atoms with van der Waals surface area (Å²) >= 11 is 0. The first-order valence-electron chi connectivity index (χ1n) is 12.4. The highest BCUT2D eigenvalue weighted by atomic mass is 19.4. The second-order valence-electron chi connectivity index (χ2n) is 9.10. The van der Waals surface area contributed by atoms with E-state index in [-0.39, 0.29) is 6.61 Å². The number of rotatable bonds is 7. The predicted octanol–water partition coefficient (Wildman–Crippen LogP) is 7.03. The number of hydrogen-bond donors (Lipinski definition) is 0. The van der Waals surface area contributed by atoms with Crippen molar-refractivity contribution in [2.75, 3.05) is 7.11 Å². The third-order valence-electron chi connectivity index (χ3n) is 6.43. The number of alkyl halides is 3. The molecule has 0 bridgehead atoms. The normalized spacial score (nSPS) is 13.8. The van der Waals surface area contributed by atoms with E-state index in [1.54, 1.807) is 24.4 Å². The van der Waals surface area contributed by atoms with Crippen molar-refractivity contribution in [2.45, 2.75) is 45.0 Å². The van der Waals surface area contributed by atoms with Crippen LogP contribution in [0.15, 0.2) is 71.7 Å². The molecule has 0 atom stereocenters. The van der Waals surface area contributed by atoms with E-state index in [0.717, 1.165) is 66.4 Å². The SMILES string of the molecule is COc1cc(C=Nc2ccc(-c3nnc4n3CCCCC4)cc2)ccc1OCc1cccc(C(F)(F)F)c1. The number of aryl methyl sites for hydroxylation is 1. The summed E-state index contributed by atoms with van der Waals surface area (Å²) in [6.07, 6.45) is 1.79. The third kappa shape index (κ3) is 5.88. The molecule has 1 aromatic heterocycles. The summed E-state index contributed by atoms with van der Waals surface area (Å²) in [7, 11) is 1.51. The Morgan fingerprint density at radius 3 is 2.58 bits per heavy atom. The molecule has 0 aliphatic carbocycles. The van der Waals surface area contributed by atoms with Crippen LogP contribution in [0.5, 0.6) is 11.5 Å². The van der Waals surface area contributed by atoms with Gasteiger partial charge in [-0.1, -0.05) is 18.6 Å². The summed E-state index contributed by atoms with van der Waals surface area (Å²) in [4.78, 5) is 4.56. The summed E-state index contributed by atoms with van der Waals surface area (Å²) in [5.74, 6) is 2.83. The van der Waals surface area contributed by atoms with Gasteiger partial charge in [0.25, 0.3) is 0 Å². The fraction of sp³-hybridized carbons (Fsp3) is 0.276. The second kappa shape index (κ2) is 11.1. The van der Waals surface area contributed by atoms with Crippen molar-refractivity contribution < 1.29 is 22.6 Å². The molecular formula is C29H27F3N4O2. The molecular weight excluding hydrogens is 493 g/mol. The Morgan fingerprint density at radius 1 is 0.947 bits per heavy atom. The third-order valence-corrected chi connectivity index (χ3v) is 6.43. The van der Waals surface area contributed by atoms with Crippen LogP contribution in [-0.4, -0.2) is 28.1 Å². The average Bonchev–Trinajstić information content (AvgIpc) is 3.18. The van der Waals surface area contributed by atoms with E-state index in [9.17, 15) is 13.2 Å². The molecule has 5 rings (SSSR count). The Kier molecular flexibility index (Phi) is 7.44. The number of aliphatic imine (C=N–C) groups is 1. The van der Waals surface area contributed by atoms with E-state index < -0.39 is 11.7 Å². The van der Waals surface area contributed by atoms with E-state index in [1.165, 1.54) is 19.6 Å². The lowest BCUT2D eigenvalue weighted by Gasteiger charge is -2.13. The topological polar surface area (TPSA) is 61.5 Å². The smallest absolute Gasteiger partial charge is 0.416 e. The molecule has 1 aliphatic rings. The Hall–Kier alpha value is -4.14. The monoisotopic (exact) mass is 520 g/mol. The zero-order valence-corrected chi connectivity index (χ0v) is 20.9. The van der Waals surface area contributed by atoms with Gasteiger partial charge in [-0.3, -0.25) is 4.99 Å². The number of benzene rings is 3. The lowest BCUT2D eigenvalue weighted by Crippen LogP contribution is -2.06. The molecule has 0 radical (unpaired) electrons. The van der Waals surface area contributed by atoms with Crippen molar-refractivity contribution in [1.29, 1.82) is 0 Å². The standard InChI is InChI=1S/C29H27F3N4O2/c1-37-26-17-20(9-14-25(26)38-19-21-6-5-7-23(16-21)29(30,31)32)18-33-24-12-10-22(11-13-24)28-35-34-27-8-3-2-4-15-36(27)28/h5-7,9-14,16-18H,2-4,8,15,19H2,1H3. The number of ether oxygens (including phenoxy) is 2. The quantitative estimate of drug-likeness (QED) is 0.246. The maximum absolute atomic E-state index is 13.0. The van der Waals surface area contributed by atoms with Gasteiger partial charge >= 0.3 is 6.18 Å². The Bertz CT molecular complexity index is 1430. The van der Waals surface area contributed by atoms with Gasteiger partial charge in [0.1, 0.15) is 12.4 Å². The summed E-state index contributed by atoms with van der Waals surface area (Å²) in [5.41, 5.74) is 2.29. The van der Waals surface area contributed by atoms with Gasteiger partial charge in [0, 0.05) is 24.7 Å². The van der Waals surface area contributed by atoms with Gasteiger partial charge in [0.15, 0.2) is 17.3 Å². The number of aromatic nitrogens is 3. The predicted molar refractivity (Wildman–Crippen MR) is 139 cm³/mol. The Balaban J connectivity index is 1.25. The molecule has 196 valence electrons. The van der Waals surface area contributed by atoms with Gasteiger partial charge in [0.2, 0.25) is 0 Å². The van der Waals surface area contributed by atoms with Crippen molar-refractivity contribution in [3.8, 4) is 22.9 Å². The van der Waals surface area contributed by atoms with E-state index in [4.69, 9.17) is 9.47 Å². The van der Waals surface area contributed by atoms with Crippen LogP contribution in [0.25, 0.3) is 11.4 Å². The Labute approximate surface area is 218 Å². The largest absolute Gasteiger partial charge is 0.493 e. The second-order valence-corrected chi connectivity index (χ2v) is 9.10. The molecule has 3 aromatic carbocycles. The van der Waals surface area contributed by atoms with Gasteiger partial charge in [-0.05, 0) is 78.6 Å². The van der Waals surface area contributed by atoms with Crippen molar-refractivity contribution in [1.82, 2.24) is 14.8 Å². The van der Waals surface area contributed by atoms with Crippen molar-refractivity contribution in [3.05, 3.63) is 89.2 Å². The number of fused-ring (bicyclic) bond motifs is 1. The minimum Gasteiger partial charge on any atom is -0.493 e. The summed E-state index contributed by atoms with van der Waals surface area (Å²) in [6.45, 7) is 0.925. The van der Waals surface area contributed by atoms with Gasteiger partial charge in [-0.25, -0.2) is 0 Å². The molecule has 38 heavy (non-hydrogen) atoms. The van der Waals surface area contributed by atoms with Gasteiger partial charge in [0.05, 0.1) is 18.4 Å². The zero-order valence-electron chi connectivity index (χ0n) is 20.9. The highest BCUT2D eigenvalue weighted by molar-refractivity contribution is 5.83. The summed E-state index contributed by atoms with van der Waals surface area (Å²) in [5, 5.41) is 8.78. The molecule has 0 saturated carbocycles. The maximum atomic E-state index is 13.0. The Morgan fingerprint density at radius 2 is 1.79 bits per heavy atom. The van der Waals surface area contributed by atoms with Gasteiger partial charge in [-0.15, -0.1) is 10.2 Å². The van der Waals surface area contributed by atoms with Crippen LogP contribution in [-0.2, 0) is 25.7 Å². The van der Waals surface area contributed by atoms with Crippen LogP contribution in [0.4, 0.5) is 18.9 Å². The highest BCUT2D eigenvalue weighted by Gasteiger charge is 2.30. The first kappa shape index (κ1) is 25.5. The number of nitrogens with zero attached hydrogens (tertiary/aromatic N) is 4. The molecule has 1 aliphatic heterocycles. The summed E-state index contributed by atoms with van der Waals surface area (Å²) in [6, 6.07) is 18.3. The van der Waals surface area contributed by atoms with Gasteiger partial charge in [-0.2, -0.15) is 13.2 Å². The maximum Gasteiger partial charge on any atom is 0.416 e. The molecule has 0 saturated heterocycles. The fourth-order valence-electron chi connectivity index (χ4n) is 4.43. The molecule has 6 nitrogen and oxygen atoms in total. The van der Waals surface area contributed by atoms with E-state index in [1.807, 2.05) is 30.3 Å². The van der Waals surface area contributed by atoms with Crippen LogP contribution < -0.4 is 9.47 Å². The minimum absolute atomic E-state index is 0.0185. The van der Waals surface area contributed by atoms with Crippen molar-refractivity contribution in [2.24, 2.45) is 4.99 Å². The van der Waals surface area contributed by atoms with Crippen LogP contribution in [0.3, 0.4) is 0 Å². The van der Waals surface area contributed by atoms with E-state index in [2.05, 4.69) is 19.8 Å². The number of methoxy groups -OCH3 is 1. The molecule has 0 unspecified atom stereocenters. The minimum atomic E-state index is -4.40. The lowest BCUT2D eigenvalue weighted by atomic mass is 10.1. The van der Waals surface area contributed by atoms with Crippen molar-refractivity contribution in [3.63, 3.8) is 0 Å². The first-order chi connectivity index (χ1) is 18.4. The van der Waals surface area contributed by atoms with Crippen LogP contribution in [0, 0.1) is 0 Å². The fourth-order valence-corrected chi connectivity index (χ4v) is 4.43. The van der Waals surface area contributed by atoms with E-state index in [0.29, 0.717) is 17.1 Å². The van der Waals surface area contributed by atoms with Gasteiger partial charge < -0.3 is 14.0 Å². The van der Waals surface area contributed by atoms with Crippen LogP contribution in [0.2, 0.25) is 0 Å². The number of hydrogen-bond acceptors (Lipinski definition) is 5. The molecule has 9 heteroatoms. The first-order valence-corrected chi connectivity index (χ1v) is 12.4. The number of halogens is 3. The molecule has 0 fully saturated rings. The highest BCUT2D eigenvalue weighted by Crippen LogP contribution is 2.32. The summed E-state index contributed by atoms with van der Waals surface area (Å²) < 4.78 is 52.3. The van der Waals surface area contributed by atoms with Crippen molar-refractivity contribution >= 4 is 11.9 Å². The molecule has 2 heterocycles. The zero-order chi connectivity index (χ0) is 26.5. The van der Waals surface area contributed by atoms with Crippen LogP contribution >= 0.6 is 0 Å². The average molecular weight is 521 g/mol. The lowest BCUT2D eigenvalue weighted by molar-refractivity contribution is -0.137. The molecule has 4 aromatic rings. The molecule has 0 amide bonds. The molecule has 0 spiro atoms. The van der Waals surface area contributed by atoms with E-state index >= 15 is 0 Å².